The Morgan fingerprint density at radius 1 is 1.14 bits per heavy atom. The van der Waals surface area contributed by atoms with Crippen LogP contribution in [-0.4, -0.2) is 33.9 Å². The molecule has 0 unspecified atom stereocenters. The first-order valence-corrected chi connectivity index (χ1v) is 14.0. The number of nitrogens with two attached hydrogens (primary N) is 1. The SMILES string of the molecule is CCc1cnc(N[C@@H]2CCC[C@](C)(N)C2)nc1-c1c(C)n(S(=O)(=O)c2ccccc2)c2ccccc12. The molecule has 2 atom stereocenters. The normalized spacial score (nSPS) is 20.5. The number of rotatable bonds is 6. The Labute approximate surface area is 212 Å². The number of hydrogen-bond donors (Lipinski definition) is 2. The van der Waals surface area contributed by atoms with Crippen LogP contribution in [-0.2, 0) is 16.4 Å². The zero-order valence-corrected chi connectivity index (χ0v) is 21.8. The van der Waals surface area contributed by atoms with E-state index in [1.54, 1.807) is 24.3 Å². The van der Waals surface area contributed by atoms with Crippen LogP contribution in [0.2, 0.25) is 0 Å². The highest BCUT2D eigenvalue weighted by molar-refractivity contribution is 7.90. The number of hydrogen-bond acceptors (Lipinski definition) is 6. The van der Waals surface area contributed by atoms with Gasteiger partial charge in [-0.1, -0.05) is 43.3 Å². The number of nitrogens with zero attached hydrogens (tertiary/aromatic N) is 3. The Morgan fingerprint density at radius 3 is 2.58 bits per heavy atom. The summed E-state index contributed by atoms with van der Waals surface area (Å²) >= 11 is 0. The minimum Gasteiger partial charge on any atom is -0.351 e. The largest absolute Gasteiger partial charge is 0.351 e. The van der Waals surface area contributed by atoms with Crippen LogP contribution >= 0.6 is 0 Å². The summed E-state index contributed by atoms with van der Waals surface area (Å²) in [5.41, 5.74) is 10.0. The van der Waals surface area contributed by atoms with Crippen molar-refractivity contribution in [3.8, 4) is 11.3 Å². The van der Waals surface area contributed by atoms with Gasteiger partial charge in [0.1, 0.15) is 0 Å². The maximum Gasteiger partial charge on any atom is 0.268 e. The Balaban J connectivity index is 1.66. The second-order valence-corrected chi connectivity index (χ2v) is 11.9. The van der Waals surface area contributed by atoms with Crippen LogP contribution in [0.4, 0.5) is 5.95 Å². The Hall–Kier alpha value is -3.23. The van der Waals surface area contributed by atoms with Gasteiger partial charge in [0, 0.05) is 34.4 Å². The van der Waals surface area contributed by atoms with Crippen molar-refractivity contribution in [3.05, 3.63) is 72.1 Å². The maximum absolute atomic E-state index is 13.8. The molecule has 2 aromatic carbocycles. The number of fused-ring (bicyclic) bond motifs is 1. The van der Waals surface area contributed by atoms with Crippen LogP contribution in [0.15, 0.2) is 65.7 Å². The molecule has 36 heavy (non-hydrogen) atoms. The van der Waals surface area contributed by atoms with Gasteiger partial charge in [-0.3, -0.25) is 0 Å². The molecule has 3 N–H and O–H groups in total. The van der Waals surface area contributed by atoms with Crippen molar-refractivity contribution >= 4 is 26.9 Å². The number of nitrogens with one attached hydrogen (secondary N) is 1. The van der Waals surface area contributed by atoms with E-state index < -0.39 is 10.0 Å². The molecule has 1 saturated carbocycles. The molecule has 0 radical (unpaired) electrons. The molecule has 1 fully saturated rings. The van der Waals surface area contributed by atoms with Crippen molar-refractivity contribution < 1.29 is 8.42 Å². The number of aryl methyl sites for hydroxylation is 1. The number of anilines is 1. The topological polar surface area (TPSA) is 103 Å². The molecule has 8 heteroatoms. The molecule has 5 rings (SSSR count). The summed E-state index contributed by atoms with van der Waals surface area (Å²) in [5, 5.41) is 4.35. The molecule has 4 aromatic rings. The molecule has 0 spiro atoms. The van der Waals surface area contributed by atoms with Crippen LogP contribution in [0.3, 0.4) is 0 Å². The second kappa shape index (κ2) is 9.33. The highest BCUT2D eigenvalue weighted by Crippen LogP contribution is 2.38. The molecule has 2 aromatic heterocycles. The third kappa shape index (κ3) is 4.40. The molecule has 1 aliphatic rings. The molecule has 2 heterocycles. The lowest BCUT2D eigenvalue weighted by atomic mass is 9.81. The van der Waals surface area contributed by atoms with Gasteiger partial charge in [0.05, 0.1) is 16.1 Å². The van der Waals surface area contributed by atoms with Crippen LogP contribution in [0, 0.1) is 6.92 Å². The van der Waals surface area contributed by atoms with Crippen molar-refractivity contribution in [2.75, 3.05) is 5.32 Å². The number of aromatic nitrogens is 3. The first-order chi connectivity index (χ1) is 17.2. The predicted octanol–water partition coefficient (Wildman–Crippen LogP) is 5.28. The fraction of sp³-hybridized carbons (Fsp3) is 0.357. The van der Waals surface area contributed by atoms with Gasteiger partial charge in [-0.2, -0.15) is 0 Å². The zero-order valence-electron chi connectivity index (χ0n) is 21.0. The zero-order chi connectivity index (χ0) is 25.5. The molecular weight excluding hydrogens is 470 g/mol. The first-order valence-electron chi connectivity index (χ1n) is 12.5. The summed E-state index contributed by atoms with van der Waals surface area (Å²) in [6.45, 7) is 6.01. The predicted molar refractivity (Wildman–Crippen MR) is 145 cm³/mol. The van der Waals surface area contributed by atoms with Crippen LogP contribution in [0.1, 0.15) is 50.8 Å². The fourth-order valence-electron chi connectivity index (χ4n) is 5.42. The van der Waals surface area contributed by atoms with E-state index in [4.69, 9.17) is 10.7 Å². The highest BCUT2D eigenvalue weighted by atomic mass is 32.2. The monoisotopic (exact) mass is 503 g/mol. The number of benzene rings is 2. The lowest BCUT2D eigenvalue weighted by Crippen LogP contribution is -2.45. The van der Waals surface area contributed by atoms with E-state index in [1.165, 1.54) is 3.97 Å². The molecule has 1 aliphatic carbocycles. The van der Waals surface area contributed by atoms with E-state index in [0.29, 0.717) is 17.2 Å². The van der Waals surface area contributed by atoms with E-state index in [0.717, 1.165) is 54.3 Å². The lowest BCUT2D eigenvalue weighted by molar-refractivity contribution is 0.302. The standard InChI is InChI=1S/C28H33N5O2S/c1-4-20-18-30-27(31-21-11-10-16-28(3,29)17-21)32-26(20)25-19(2)33(24-15-9-8-14-23(24)25)36(34,35)22-12-6-5-7-13-22/h5-9,12-15,18,21H,4,10-11,16-17,29H2,1-3H3,(H,30,31,32)/t21-,28+/m1/s1. The van der Waals surface area contributed by atoms with Crippen molar-refractivity contribution in [2.45, 2.75) is 69.4 Å². The van der Waals surface area contributed by atoms with Gasteiger partial charge in [0.15, 0.2) is 0 Å². The average Bonchev–Trinajstić information content (AvgIpc) is 3.16. The van der Waals surface area contributed by atoms with Crippen LogP contribution in [0.5, 0.6) is 0 Å². The third-order valence-corrected chi connectivity index (χ3v) is 8.99. The molecule has 0 bridgehead atoms. The molecule has 7 nitrogen and oxygen atoms in total. The smallest absolute Gasteiger partial charge is 0.268 e. The van der Waals surface area contributed by atoms with Crippen LogP contribution < -0.4 is 11.1 Å². The molecular formula is C28H33N5O2S. The Morgan fingerprint density at radius 2 is 1.86 bits per heavy atom. The third-order valence-electron chi connectivity index (χ3n) is 7.17. The Bertz CT molecular complexity index is 1510. The van der Waals surface area contributed by atoms with Crippen molar-refractivity contribution in [2.24, 2.45) is 5.73 Å². The summed E-state index contributed by atoms with van der Waals surface area (Å²) in [4.78, 5) is 9.82. The minimum atomic E-state index is -3.81. The van der Waals surface area contributed by atoms with E-state index in [2.05, 4.69) is 24.1 Å². The summed E-state index contributed by atoms with van der Waals surface area (Å²) in [6.07, 6.45) is 6.54. The second-order valence-electron chi connectivity index (χ2n) is 10.1. The van der Waals surface area contributed by atoms with Gasteiger partial charge in [-0.15, -0.1) is 0 Å². The number of para-hydroxylation sites is 1. The van der Waals surface area contributed by atoms with E-state index >= 15 is 0 Å². The van der Waals surface area contributed by atoms with Crippen molar-refractivity contribution in [3.63, 3.8) is 0 Å². The van der Waals surface area contributed by atoms with E-state index in [-0.39, 0.29) is 16.5 Å². The minimum absolute atomic E-state index is 0.197. The van der Waals surface area contributed by atoms with Gasteiger partial charge in [-0.05, 0) is 69.7 Å². The van der Waals surface area contributed by atoms with E-state index in [9.17, 15) is 8.42 Å². The van der Waals surface area contributed by atoms with Crippen molar-refractivity contribution in [1.82, 2.24) is 13.9 Å². The summed E-state index contributed by atoms with van der Waals surface area (Å²) < 4.78 is 29.0. The molecule has 188 valence electrons. The van der Waals surface area contributed by atoms with E-state index in [1.807, 2.05) is 43.5 Å². The molecule has 0 saturated heterocycles. The summed E-state index contributed by atoms with van der Waals surface area (Å²) in [6, 6.07) is 16.4. The van der Waals surface area contributed by atoms with Gasteiger partial charge < -0.3 is 11.1 Å². The van der Waals surface area contributed by atoms with Crippen molar-refractivity contribution in [1.29, 1.82) is 0 Å². The van der Waals surface area contributed by atoms with Gasteiger partial charge in [0.25, 0.3) is 10.0 Å². The highest BCUT2D eigenvalue weighted by Gasteiger charge is 2.30. The quantitative estimate of drug-likeness (QED) is 0.371. The Kier molecular flexibility index (Phi) is 6.34. The summed E-state index contributed by atoms with van der Waals surface area (Å²) in [5.74, 6) is 0.548. The molecule has 0 aliphatic heterocycles. The first kappa shape index (κ1) is 24.5. The maximum atomic E-state index is 13.8. The van der Waals surface area contributed by atoms with Gasteiger partial charge in [0.2, 0.25) is 5.95 Å². The van der Waals surface area contributed by atoms with Gasteiger partial charge >= 0.3 is 0 Å². The summed E-state index contributed by atoms with van der Waals surface area (Å²) in [7, 11) is -3.81. The lowest BCUT2D eigenvalue weighted by Gasteiger charge is -2.35. The molecule has 0 amide bonds. The van der Waals surface area contributed by atoms with Gasteiger partial charge in [-0.25, -0.2) is 22.4 Å². The average molecular weight is 504 g/mol. The van der Waals surface area contributed by atoms with Crippen LogP contribution in [0.25, 0.3) is 22.2 Å². The fourth-order valence-corrected chi connectivity index (χ4v) is 7.00.